The summed E-state index contributed by atoms with van der Waals surface area (Å²) >= 11 is 5.68. The average Bonchev–Trinajstić information content (AvgIpc) is 2.30. The van der Waals surface area contributed by atoms with Gasteiger partial charge in [0.05, 0.1) is 25.1 Å². The molecule has 2 rings (SSSR count). The third kappa shape index (κ3) is 2.38. The Morgan fingerprint density at radius 2 is 2.27 bits per heavy atom. The van der Waals surface area contributed by atoms with Gasteiger partial charge in [-0.25, -0.2) is 9.97 Å². The maximum absolute atomic E-state index is 5.68. The quantitative estimate of drug-likeness (QED) is 0.717. The number of hydrogen-bond donors (Lipinski definition) is 0. The predicted molar refractivity (Wildman–Crippen MR) is 59.2 cm³/mol. The molecule has 0 aliphatic carbocycles. The van der Waals surface area contributed by atoms with E-state index in [1.165, 1.54) is 0 Å². The molecule has 0 spiro atoms. The van der Waals surface area contributed by atoms with Crippen molar-refractivity contribution in [1.29, 1.82) is 0 Å². The molecule has 15 heavy (non-hydrogen) atoms. The molecule has 0 N–H and O–H groups in total. The number of aromatic nitrogens is 2. The fourth-order valence-electron chi connectivity index (χ4n) is 1.59. The maximum Gasteiger partial charge on any atom is 0.225 e. The van der Waals surface area contributed by atoms with E-state index in [1.54, 1.807) is 12.4 Å². The first-order valence-electron chi connectivity index (χ1n) is 5.02. The summed E-state index contributed by atoms with van der Waals surface area (Å²) in [7, 11) is 0. The number of alkyl halides is 1. The number of rotatable bonds is 2. The van der Waals surface area contributed by atoms with E-state index in [0.717, 1.165) is 31.3 Å². The molecule has 2 heterocycles. The van der Waals surface area contributed by atoms with Crippen LogP contribution in [0.3, 0.4) is 0 Å². The molecule has 1 aliphatic heterocycles. The van der Waals surface area contributed by atoms with Gasteiger partial charge in [-0.3, -0.25) is 0 Å². The number of nitrogens with zero attached hydrogens (tertiary/aromatic N) is 3. The summed E-state index contributed by atoms with van der Waals surface area (Å²) in [6.07, 6.45) is 3.55. The van der Waals surface area contributed by atoms with E-state index in [2.05, 4.69) is 21.8 Å². The normalized spacial score (nSPS) is 21.7. The molecular weight excluding hydrogens is 214 g/mol. The number of halogens is 1. The lowest BCUT2D eigenvalue weighted by molar-refractivity contribution is 0.0981. The van der Waals surface area contributed by atoms with Gasteiger partial charge in [-0.15, -0.1) is 11.6 Å². The first kappa shape index (κ1) is 10.6. The lowest BCUT2D eigenvalue weighted by Gasteiger charge is -2.33. The Labute approximate surface area is 94.2 Å². The molecule has 0 bridgehead atoms. The number of ether oxygens (including phenoxy) is 1. The Morgan fingerprint density at radius 1 is 1.53 bits per heavy atom. The zero-order valence-corrected chi connectivity index (χ0v) is 9.44. The maximum atomic E-state index is 5.68. The molecule has 1 aromatic rings. The van der Waals surface area contributed by atoms with E-state index >= 15 is 0 Å². The van der Waals surface area contributed by atoms with Crippen molar-refractivity contribution in [2.45, 2.75) is 18.8 Å². The third-order valence-electron chi connectivity index (χ3n) is 2.47. The van der Waals surface area contributed by atoms with Crippen LogP contribution >= 0.6 is 11.6 Å². The summed E-state index contributed by atoms with van der Waals surface area (Å²) in [5.74, 6) is 1.22. The standard InChI is InChI=1S/C10H14ClN3O/c1-8-7-15-3-2-14(8)10-12-5-9(4-11)6-13-10/h5-6,8H,2-4,7H2,1H3. The van der Waals surface area contributed by atoms with Crippen LogP contribution in [0.1, 0.15) is 12.5 Å². The van der Waals surface area contributed by atoms with Gasteiger partial charge in [0.25, 0.3) is 0 Å². The fraction of sp³-hybridized carbons (Fsp3) is 0.600. The van der Waals surface area contributed by atoms with Crippen molar-refractivity contribution in [3.8, 4) is 0 Å². The zero-order chi connectivity index (χ0) is 10.7. The van der Waals surface area contributed by atoms with Crippen molar-refractivity contribution in [3.05, 3.63) is 18.0 Å². The van der Waals surface area contributed by atoms with Crippen LogP contribution in [0, 0.1) is 0 Å². The van der Waals surface area contributed by atoms with E-state index in [-0.39, 0.29) is 0 Å². The highest BCUT2D eigenvalue weighted by atomic mass is 35.5. The molecule has 1 aliphatic rings. The molecule has 1 unspecified atom stereocenters. The lowest BCUT2D eigenvalue weighted by Crippen LogP contribution is -2.44. The molecule has 1 aromatic heterocycles. The summed E-state index contributed by atoms with van der Waals surface area (Å²) in [5, 5.41) is 0. The second-order valence-electron chi connectivity index (χ2n) is 3.64. The lowest BCUT2D eigenvalue weighted by atomic mass is 10.3. The highest BCUT2D eigenvalue weighted by Crippen LogP contribution is 2.14. The Hall–Kier alpha value is -0.870. The summed E-state index contributed by atoms with van der Waals surface area (Å²) in [5.41, 5.74) is 0.946. The summed E-state index contributed by atoms with van der Waals surface area (Å²) in [6, 6.07) is 0.334. The Bertz CT molecular complexity index is 317. The number of anilines is 1. The summed E-state index contributed by atoms with van der Waals surface area (Å²) in [4.78, 5) is 10.8. The minimum absolute atomic E-state index is 0.334. The van der Waals surface area contributed by atoms with E-state index < -0.39 is 0 Å². The van der Waals surface area contributed by atoms with E-state index in [1.807, 2.05) is 0 Å². The van der Waals surface area contributed by atoms with E-state index in [0.29, 0.717) is 11.9 Å². The summed E-state index contributed by atoms with van der Waals surface area (Å²) < 4.78 is 5.36. The van der Waals surface area contributed by atoms with Gasteiger partial charge in [-0.1, -0.05) is 0 Å². The van der Waals surface area contributed by atoms with Crippen LogP contribution in [0.2, 0.25) is 0 Å². The van der Waals surface area contributed by atoms with Gasteiger partial charge in [-0.05, 0) is 6.92 Å². The predicted octanol–water partition coefficient (Wildman–Crippen LogP) is 1.44. The molecular formula is C10H14ClN3O. The topological polar surface area (TPSA) is 38.2 Å². The second kappa shape index (κ2) is 4.77. The highest BCUT2D eigenvalue weighted by molar-refractivity contribution is 6.17. The van der Waals surface area contributed by atoms with Gasteiger partial charge in [-0.2, -0.15) is 0 Å². The number of morpholine rings is 1. The average molecular weight is 228 g/mol. The Morgan fingerprint density at radius 3 is 2.87 bits per heavy atom. The molecule has 5 heteroatoms. The van der Waals surface area contributed by atoms with Crippen molar-refractivity contribution in [2.75, 3.05) is 24.7 Å². The third-order valence-corrected chi connectivity index (χ3v) is 2.78. The molecule has 1 fully saturated rings. The second-order valence-corrected chi connectivity index (χ2v) is 3.91. The number of hydrogen-bond acceptors (Lipinski definition) is 4. The van der Waals surface area contributed by atoms with Gasteiger partial charge in [0.15, 0.2) is 0 Å². The molecule has 1 saturated heterocycles. The monoisotopic (exact) mass is 227 g/mol. The Kier molecular flexibility index (Phi) is 3.38. The minimum atomic E-state index is 0.334. The zero-order valence-electron chi connectivity index (χ0n) is 8.69. The SMILES string of the molecule is CC1COCCN1c1ncc(CCl)cn1. The van der Waals surface area contributed by atoms with Crippen LogP contribution in [0.4, 0.5) is 5.95 Å². The van der Waals surface area contributed by atoms with Gasteiger partial charge in [0.2, 0.25) is 5.95 Å². The molecule has 0 saturated carbocycles. The van der Waals surface area contributed by atoms with Gasteiger partial charge in [0.1, 0.15) is 0 Å². The molecule has 0 amide bonds. The first-order chi connectivity index (χ1) is 7.31. The van der Waals surface area contributed by atoms with Crippen molar-refractivity contribution < 1.29 is 4.74 Å². The fourth-order valence-corrected chi connectivity index (χ4v) is 1.73. The smallest absolute Gasteiger partial charge is 0.225 e. The summed E-state index contributed by atoms with van der Waals surface area (Å²) in [6.45, 7) is 4.44. The van der Waals surface area contributed by atoms with Crippen LogP contribution in [0.25, 0.3) is 0 Å². The highest BCUT2D eigenvalue weighted by Gasteiger charge is 2.20. The van der Waals surface area contributed by atoms with Crippen molar-refractivity contribution in [3.63, 3.8) is 0 Å². The van der Waals surface area contributed by atoms with Crippen LogP contribution < -0.4 is 4.90 Å². The van der Waals surface area contributed by atoms with E-state index in [9.17, 15) is 0 Å². The Balaban J connectivity index is 2.13. The van der Waals surface area contributed by atoms with Crippen LogP contribution in [0.15, 0.2) is 12.4 Å². The van der Waals surface area contributed by atoms with Crippen LogP contribution in [0.5, 0.6) is 0 Å². The largest absolute Gasteiger partial charge is 0.377 e. The first-order valence-corrected chi connectivity index (χ1v) is 5.56. The molecule has 0 aromatic carbocycles. The van der Waals surface area contributed by atoms with Crippen molar-refractivity contribution in [2.24, 2.45) is 0 Å². The molecule has 82 valence electrons. The molecule has 1 atom stereocenters. The van der Waals surface area contributed by atoms with Gasteiger partial charge < -0.3 is 9.64 Å². The van der Waals surface area contributed by atoms with Crippen molar-refractivity contribution >= 4 is 17.5 Å². The van der Waals surface area contributed by atoms with Gasteiger partial charge in [0, 0.05) is 24.5 Å². The molecule has 4 nitrogen and oxygen atoms in total. The van der Waals surface area contributed by atoms with Crippen LogP contribution in [-0.2, 0) is 10.6 Å². The minimum Gasteiger partial charge on any atom is -0.377 e. The van der Waals surface area contributed by atoms with Crippen molar-refractivity contribution in [1.82, 2.24) is 9.97 Å². The van der Waals surface area contributed by atoms with Crippen LogP contribution in [-0.4, -0.2) is 35.8 Å². The molecule has 0 radical (unpaired) electrons. The van der Waals surface area contributed by atoms with E-state index in [4.69, 9.17) is 16.3 Å². The van der Waals surface area contributed by atoms with Gasteiger partial charge >= 0.3 is 0 Å².